The summed E-state index contributed by atoms with van der Waals surface area (Å²) in [4.78, 5) is 123. The van der Waals surface area contributed by atoms with Gasteiger partial charge in [-0.1, -0.05) is 62.6 Å². The second kappa shape index (κ2) is 44.5. The Morgan fingerprint density at radius 2 is 1.17 bits per heavy atom. The Labute approximate surface area is 700 Å². The number of H-pyrrole nitrogens is 4. The number of imide groups is 2. The number of likely N-dealkylation sites (N-methyl/N-ethyl adjacent to an activating group) is 2. The maximum Gasteiger partial charge on any atom is 0.328 e. The van der Waals surface area contributed by atoms with E-state index in [-0.39, 0.29) is 78.2 Å². The third-order valence-electron chi connectivity index (χ3n) is 21.2. The molecule has 4 aromatic carbocycles. The fourth-order valence-corrected chi connectivity index (χ4v) is 31.9. The van der Waals surface area contributed by atoms with E-state index in [0.717, 1.165) is 107 Å². The minimum Gasteiger partial charge on any atom is -0.493 e. The molecule has 9 heterocycles. The predicted octanol–water partition coefficient (Wildman–Crippen LogP) is 13.9. The molecule has 0 radical (unpaired) electrons. The summed E-state index contributed by atoms with van der Waals surface area (Å²) < 4.78 is 21.1. The number of unbranched alkanes of at least 4 members (excludes halogenated alkanes) is 3. The topological polar surface area (TPSA) is 368 Å². The number of carbonyl (C=O) groups is 7. The molecule has 620 valence electrons. The van der Waals surface area contributed by atoms with Crippen LogP contribution in [0.2, 0.25) is 13.3 Å². The number of allylic oxidation sites excluding steroid dienone is 2. The Hall–Kier alpha value is -8.83. The van der Waals surface area contributed by atoms with Crippen LogP contribution in [0.3, 0.4) is 0 Å². The molecule has 0 spiro atoms. The summed E-state index contributed by atoms with van der Waals surface area (Å²) in [5.74, 6) is -0.273. The standard InChI is InChI=1S/C13H12BrN3O2.C13H10BrN3O2.C13H10N3O2.C9H6BrNO.C9H19N.C6H15NO2.C4H6N2O2.C4H5NO2.3C4H9.Sn/c2*1-17-12(18)10(16-13(17)19)5-7-6-15-11-8(7)3-2-4-9(11)14;1-16-12(17)11(15-13(16)18)6-8-7-14-10-5-3-2-4-9(8)10;10-8-3-1-2-7-6(5-12)4-11-9(7)8;1-3-8-6-4-5-7-9(8)10-2;1-6(8-4,9-5)7(2)3;1-6-3(7)2-5-4(6)8;6-3-1-4(7)5-2-3;3*1-3-4-2;/h2-4,6,10,15H,5H2,1H3,(H,16,19);2-6,18H,1H3,(H,16,19);2-4,6-7,17H,1H3,(H,15,18);1-5,11H;8-10H,3-7H2,1-2H3;1-5H3;2H2,1H3,(H,5,8);1-2H2,(H,5,7);3*1,3-4H2,2H3;/t;;;;8-,9-;;;;;;;/m....1......./s1. The number of benzene rings is 4. The third-order valence-corrected chi connectivity index (χ3v) is 38.8. The van der Waals surface area contributed by atoms with Crippen LogP contribution in [0.1, 0.15) is 150 Å². The number of hydrogen-bond donors (Lipinski definition) is 10. The van der Waals surface area contributed by atoms with Crippen LogP contribution in [0.5, 0.6) is 11.8 Å². The molecule has 10 N–H and O–H groups in total. The second-order valence-electron chi connectivity index (χ2n) is 28.9. The number of para-hydroxylation sites is 4. The zero-order valence-electron chi connectivity index (χ0n) is 68.1. The molecule has 1 unspecified atom stereocenters. The molecular formula is C83H110Br3N15O13Sn. The van der Waals surface area contributed by atoms with Gasteiger partial charge < -0.3 is 50.8 Å². The second-order valence-corrected chi connectivity index (χ2v) is 44.5. The summed E-state index contributed by atoms with van der Waals surface area (Å²) in [6.07, 6.45) is 27.0. The van der Waals surface area contributed by atoms with Crippen molar-refractivity contribution in [1.29, 1.82) is 0 Å². The number of urea groups is 2. The van der Waals surface area contributed by atoms with Crippen molar-refractivity contribution in [3.05, 3.63) is 153 Å². The molecule has 1 saturated carbocycles. The van der Waals surface area contributed by atoms with Gasteiger partial charge in [0.05, 0.1) is 36.2 Å². The predicted molar refractivity (Wildman–Crippen MR) is 469 cm³/mol. The van der Waals surface area contributed by atoms with Crippen molar-refractivity contribution in [1.82, 2.24) is 65.0 Å². The SMILES string of the molecule is CCC[CH2][Sn]([CH2]CCC)([CH2]CCC)[c]1cccc2c1N=CC2=Cc1[nH]c(=O)n(C)c1O.CC[C@@H]1CCCC[C@H]1NC.CN1C(=O)CNC1=O.CN1C(=O)NC(Cc2c[nH]c3c(Br)cccc23)C1=O.COC(C)(OC)N(C)C.Cn1c(O)c(C=C2C=Nc3c(Br)cccc32)[nH]c1=O.O=C1CNC(=O)C1.O=Cc1c[nH]c2c(Br)cccc12. The summed E-state index contributed by atoms with van der Waals surface area (Å²) >= 11 is 7.69. The largest absolute Gasteiger partial charge is 0.493 e. The van der Waals surface area contributed by atoms with Crippen LogP contribution in [0.15, 0.2) is 118 Å². The molecule has 14 rings (SSSR count). The van der Waals surface area contributed by atoms with Crippen molar-refractivity contribution in [2.45, 2.75) is 149 Å². The Balaban J connectivity index is 0.000000192. The first kappa shape index (κ1) is 93.3. The van der Waals surface area contributed by atoms with Gasteiger partial charge in [0.15, 0.2) is 12.1 Å². The molecule has 28 nitrogen and oxygen atoms in total. The van der Waals surface area contributed by atoms with Crippen LogP contribution in [-0.4, -0.2) is 207 Å². The number of nitrogens with zero attached hydrogens (tertiary/aromatic N) is 7. The molecule has 5 aliphatic heterocycles. The number of ketones is 1. The van der Waals surface area contributed by atoms with E-state index in [2.05, 4.69) is 147 Å². The number of fused-ring (bicyclic) bond motifs is 4. The first-order valence-electron chi connectivity index (χ1n) is 38.6. The minimum absolute atomic E-state index is 0.00926. The maximum absolute atomic E-state index is 11.9. The van der Waals surface area contributed by atoms with E-state index in [4.69, 9.17) is 14.5 Å². The summed E-state index contributed by atoms with van der Waals surface area (Å²) in [6.45, 7) is 11.5. The smallest absolute Gasteiger partial charge is 0.328 e. The summed E-state index contributed by atoms with van der Waals surface area (Å²) in [6, 6.07) is 23.8. The van der Waals surface area contributed by atoms with Gasteiger partial charge in [-0.25, -0.2) is 14.4 Å². The number of methoxy groups -OCH3 is 2. The van der Waals surface area contributed by atoms with Crippen molar-refractivity contribution in [2.75, 3.05) is 62.5 Å². The van der Waals surface area contributed by atoms with E-state index in [1.54, 1.807) is 43.3 Å². The number of ether oxygens (including phenoxy) is 2. The average molecular weight is 1880 g/mol. The number of halogens is 3. The molecule has 32 heteroatoms. The maximum atomic E-state index is 11.9. The van der Waals surface area contributed by atoms with Crippen molar-refractivity contribution in [2.24, 2.45) is 30.0 Å². The summed E-state index contributed by atoms with van der Waals surface area (Å²) in [5, 5.41) is 32.9. The van der Waals surface area contributed by atoms with E-state index in [1.807, 2.05) is 99.0 Å². The van der Waals surface area contributed by atoms with E-state index < -0.39 is 30.3 Å². The van der Waals surface area contributed by atoms with Crippen molar-refractivity contribution in [3.8, 4) is 11.8 Å². The number of amides is 7. The molecule has 4 fully saturated rings. The van der Waals surface area contributed by atoms with Gasteiger partial charge in [-0.15, -0.1) is 0 Å². The number of aromatic nitrogens is 6. The Kier molecular flexibility index (Phi) is 36.1. The zero-order valence-corrected chi connectivity index (χ0v) is 75.7. The minimum atomic E-state index is -2.62. The number of imidazole rings is 2. The van der Waals surface area contributed by atoms with E-state index in [0.29, 0.717) is 23.4 Å². The molecule has 7 amide bonds. The van der Waals surface area contributed by atoms with Gasteiger partial charge in [0.2, 0.25) is 23.6 Å². The fraction of sp³-hybridized carbons (Fsp3) is 0.434. The molecule has 3 saturated heterocycles. The number of nitrogens with one attached hydrogen (secondary N) is 8. The van der Waals surface area contributed by atoms with Crippen LogP contribution in [0, 0.1) is 5.92 Å². The van der Waals surface area contributed by atoms with Crippen LogP contribution >= 0.6 is 47.8 Å². The van der Waals surface area contributed by atoms with Gasteiger partial charge in [0.25, 0.3) is 5.91 Å². The number of aliphatic imine (C=N–C) groups is 2. The first-order chi connectivity index (χ1) is 54.9. The molecule has 115 heavy (non-hydrogen) atoms. The molecule has 6 aliphatic rings. The van der Waals surface area contributed by atoms with Crippen LogP contribution < -0.4 is 36.2 Å². The molecule has 0 bridgehead atoms. The number of aldehydes is 1. The fourth-order valence-electron chi connectivity index (χ4n) is 13.9. The van der Waals surface area contributed by atoms with Crippen LogP contribution in [0.4, 0.5) is 21.0 Å². The van der Waals surface area contributed by atoms with Crippen LogP contribution in [-0.2, 0) is 49.2 Å². The van der Waals surface area contributed by atoms with Crippen LogP contribution in [0.25, 0.3) is 45.1 Å². The number of rotatable bonds is 20. The monoisotopic (exact) mass is 1880 g/mol. The van der Waals surface area contributed by atoms with Gasteiger partial charge in [0, 0.05) is 114 Å². The molecule has 4 aromatic heterocycles. The first-order valence-corrected chi connectivity index (χ1v) is 48.5. The van der Waals surface area contributed by atoms with Crippen molar-refractivity contribution in [3.63, 3.8) is 0 Å². The zero-order chi connectivity index (χ0) is 84.4. The normalized spacial score (nSPS) is 17.2. The van der Waals surface area contributed by atoms with Gasteiger partial charge in [-0.2, -0.15) is 0 Å². The number of carbonyl (C=O) groups excluding carboxylic acids is 7. The number of aromatic amines is 4. The molecular weight excluding hydrogens is 1770 g/mol. The third kappa shape index (κ3) is 24.2. The summed E-state index contributed by atoms with van der Waals surface area (Å²) in [5.41, 5.74) is 9.73. The number of hydrogen-bond acceptors (Lipinski definition) is 17. The molecule has 1 aliphatic carbocycles. The Bertz CT molecular complexity index is 4900. The molecule has 3 atom stereocenters. The quantitative estimate of drug-likeness (QED) is 0.0111. The van der Waals surface area contributed by atoms with E-state index in [1.165, 1.54) is 110 Å². The number of Topliss-reactive ketones (excluding diaryl/α,β-unsaturated/α-hetero) is 1. The number of aromatic hydroxyl groups is 2. The Morgan fingerprint density at radius 1 is 0.652 bits per heavy atom. The van der Waals surface area contributed by atoms with Gasteiger partial charge >= 0.3 is 208 Å². The van der Waals surface area contributed by atoms with E-state index >= 15 is 0 Å². The van der Waals surface area contributed by atoms with Crippen molar-refractivity contribution >= 4 is 181 Å². The van der Waals surface area contributed by atoms with Crippen molar-refractivity contribution < 1.29 is 53.2 Å². The van der Waals surface area contributed by atoms with Gasteiger partial charge in [0.1, 0.15) is 11.7 Å². The average Bonchev–Trinajstić information content (AvgIpc) is 1.67. The van der Waals surface area contributed by atoms with Gasteiger partial charge in [-0.05, 0) is 118 Å². The van der Waals surface area contributed by atoms with Gasteiger partial charge in [-0.3, -0.25) is 48.2 Å². The van der Waals surface area contributed by atoms with E-state index in [9.17, 15) is 53.4 Å². The molecule has 8 aromatic rings. The Morgan fingerprint density at radius 3 is 1.58 bits per heavy atom. The summed E-state index contributed by atoms with van der Waals surface area (Å²) in [7, 11) is 15.1.